The summed E-state index contributed by atoms with van der Waals surface area (Å²) in [5.74, 6) is 0.574. The smallest absolute Gasteiger partial charge is 0.123 e. The zero-order valence-electron chi connectivity index (χ0n) is 11.9. The highest BCUT2D eigenvalue weighted by Crippen LogP contribution is 2.27. The molecule has 3 aromatic rings. The van der Waals surface area contributed by atoms with E-state index in [-0.39, 0.29) is 5.82 Å². The maximum Gasteiger partial charge on any atom is 0.123 e. The first-order valence-corrected chi connectivity index (χ1v) is 6.62. The van der Waals surface area contributed by atoms with Gasteiger partial charge in [-0.1, -0.05) is 0 Å². The van der Waals surface area contributed by atoms with Gasteiger partial charge in [0.05, 0.1) is 18.5 Å². The Morgan fingerprint density at radius 1 is 0.952 bits per heavy atom. The Labute approximate surface area is 122 Å². The number of methoxy groups -OCH3 is 1. The Morgan fingerprint density at radius 2 is 1.57 bits per heavy atom. The first-order chi connectivity index (χ1) is 10.2. The van der Waals surface area contributed by atoms with Crippen molar-refractivity contribution >= 4 is 0 Å². The van der Waals surface area contributed by atoms with Crippen LogP contribution < -0.4 is 4.74 Å². The fourth-order valence-corrected chi connectivity index (χ4v) is 2.26. The molecule has 0 bridgehead atoms. The average Bonchev–Trinajstić information content (AvgIpc) is 2.90. The molecule has 21 heavy (non-hydrogen) atoms. The third-order valence-electron chi connectivity index (χ3n) is 3.41. The molecule has 0 aliphatic carbocycles. The van der Waals surface area contributed by atoms with Crippen molar-refractivity contribution in [3.8, 4) is 28.3 Å². The molecular weight excluding hydrogens is 267 g/mol. The van der Waals surface area contributed by atoms with Crippen LogP contribution in [0.4, 0.5) is 4.39 Å². The second kappa shape index (κ2) is 5.40. The molecule has 0 amide bonds. The van der Waals surface area contributed by atoms with Crippen molar-refractivity contribution in [1.82, 2.24) is 9.78 Å². The number of hydrogen-bond donors (Lipinski definition) is 0. The monoisotopic (exact) mass is 282 g/mol. The van der Waals surface area contributed by atoms with Gasteiger partial charge in [0.1, 0.15) is 11.6 Å². The number of aryl methyl sites for hydroxylation is 1. The molecular formula is C17H15FN2O. The maximum atomic E-state index is 13.0. The molecule has 0 aliphatic heterocycles. The van der Waals surface area contributed by atoms with E-state index in [1.807, 2.05) is 42.1 Å². The van der Waals surface area contributed by atoms with E-state index >= 15 is 0 Å². The summed E-state index contributed by atoms with van der Waals surface area (Å²) >= 11 is 0. The molecule has 0 saturated carbocycles. The number of benzene rings is 2. The summed E-state index contributed by atoms with van der Waals surface area (Å²) in [5.41, 5.74) is 3.77. The normalized spacial score (nSPS) is 10.6. The van der Waals surface area contributed by atoms with Crippen molar-refractivity contribution in [2.24, 2.45) is 7.05 Å². The lowest BCUT2D eigenvalue weighted by Crippen LogP contribution is -1.93. The summed E-state index contributed by atoms with van der Waals surface area (Å²) in [4.78, 5) is 0. The molecule has 1 heterocycles. The minimum atomic E-state index is -0.245. The molecule has 4 heteroatoms. The summed E-state index contributed by atoms with van der Waals surface area (Å²) in [6.07, 6.45) is 0. The van der Waals surface area contributed by atoms with E-state index in [2.05, 4.69) is 5.10 Å². The van der Waals surface area contributed by atoms with Crippen LogP contribution in [0.2, 0.25) is 0 Å². The van der Waals surface area contributed by atoms with Crippen molar-refractivity contribution in [2.75, 3.05) is 7.11 Å². The Morgan fingerprint density at radius 3 is 2.19 bits per heavy atom. The maximum absolute atomic E-state index is 13.0. The quantitative estimate of drug-likeness (QED) is 0.728. The van der Waals surface area contributed by atoms with Gasteiger partial charge in [0.2, 0.25) is 0 Å². The lowest BCUT2D eigenvalue weighted by atomic mass is 10.1. The van der Waals surface area contributed by atoms with Crippen molar-refractivity contribution in [1.29, 1.82) is 0 Å². The minimum Gasteiger partial charge on any atom is -0.497 e. The van der Waals surface area contributed by atoms with Gasteiger partial charge >= 0.3 is 0 Å². The molecule has 3 nitrogen and oxygen atoms in total. The van der Waals surface area contributed by atoms with E-state index in [0.29, 0.717) is 0 Å². The van der Waals surface area contributed by atoms with Crippen LogP contribution in [0.25, 0.3) is 22.5 Å². The van der Waals surface area contributed by atoms with Gasteiger partial charge in [-0.05, 0) is 54.6 Å². The van der Waals surface area contributed by atoms with Crippen LogP contribution in [-0.2, 0) is 7.05 Å². The summed E-state index contributed by atoms with van der Waals surface area (Å²) in [7, 11) is 3.54. The summed E-state index contributed by atoms with van der Waals surface area (Å²) in [5, 5.41) is 4.49. The second-order valence-corrected chi connectivity index (χ2v) is 4.77. The highest BCUT2D eigenvalue weighted by atomic mass is 19.1. The van der Waals surface area contributed by atoms with E-state index in [9.17, 15) is 4.39 Å². The molecule has 0 fully saturated rings. The first kappa shape index (κ1) is 13.4. The highest BCUT2D eigenvalue weighted by molar-refractivity contribution is 5.69. The molecule has 0 saturated heterocycles. The number of nitrogens with zero attached hydrogens (tertiary/aromatic N) is 2. The Hall–Kier alpha value is -2.62. The van der Waals surface area contributed by atoms with Gasteiger partial charge in [0.15, 0.2) is 0 Å². The topological polar surface area (TPSA) is 27.1 Å². The Balaban J connectivity index is 1.98. The van der Waals surface area contributed by atoms with E-state index in [1.54, 1.807) is 19.2 Å². The number of hydrogen-bond acceptors (Lipinski definition) is 2. The van der Waals surface area contributed by atoms with E-state index in [4.69, 9.17) is 4.74 Å². The molecule has 0 radical (unpaired) electrons. The minimum absolute atomic E-state index is 0.245. The van der Waals surface area contributed by atoms with Crippen molar-refractivity contribution in [3.63, 3.8) is 0 Å². The number of aromatic nitrogens is 2. The largest absolute Gasteiger partial charge is 0.497 e. The predicted octanol–water partition coefficient (Wildman–Crippen LogP) is 3.90. The molecule has 3 rings (SSSR count). The summed E-state index contributed by atoms with van der Waals surface area (Å²) in [6.45, 7) is 0. The average molecular weight is 282 g/mol. The molecule has 0 aliphatic rings. The fourth-order valence-electron chi connectivity index (χ4n) is 2.26. The standard InChI is InChI=1S/C17H15FN2O/c1-20-17(13-5-9-15(21-2)10-6-13)11-16(19-20)12-3-7-14(18)8-4-12/h3-11H,1-2H3. The van der Waals surface area contributed by atoms with Gasteiger partial charge < -0.3 is 4.74 Å². The molecule has 2 aromatic carbocycles. The van der Waals surface area contributed by atoms with Crippen LogP contribution in [0, 0.1) is 5.82 Å². The predicted molar refractivity (Wildman–Crippen MR) is 80.6 cm³/mol. The molecule has 1 aromatic heterocycles. The van der Waals surface area contributed by atoms with Gasteiger partial charge in [0.25, 0.3) is 0 Å². The molecule has 0 N–H and O–H groups in total. The number of halogens is 1. The lowest BCUT2D eigenvalue weighted by molar-refractivity contribution is 0.415. The van der Waals surface area contributed by atoms with Crippen LogP contribution in [0.15, 0.2) is 54.6 Å². The molecule has 106 valence electrons. The lowest BCUT2D eigenvalue weighted by Gasteiger charge is -2.03. The van der Waals surface area contributed by atoms with Crippen LogP contribution in [-0.4, -0.2) is 16.9 Å². The highest BCUT2D eigenvalue weighted by Gasteiger charge is 2.09. The Bertz CT molecular complexity index is 745. The fraction of sp³-hybridized carbons (Fsp3) is 0.118. The van der Waals surface area contributed by atoms with Gasteiger partial charge in [-0.2, -0.15) is 5.10 Å². The zero-order chi connectivity index (χ0) is 14.8. The van der Waals surface area contributed by atoms with E-state index < -0.39 is 0 Å². The molecule has 0 atom stereocenters. The molecule has 0 spiro atoms. The summed E-state index contributed by atoms with van der Waals surface area (Å²) < 4.78 is 20.0. The first-order valence-electron chi connectivity index (χ1n) is 6.62. The van der Waals surface area contributed by atoms with Crippen LogP contribution in [0.5, 0.6) is 5.75 Å². The Kier molecular flexibility index (Phi) is 3.44. The number of rotatable bonds is 3. The van der Waals surface area contributed by atoms with Crippen molar-refractivity contribution < 1.29 is 9.13 Å². The zero-order valence-corrected chi connectivity index (χ0v) is 11.9. The van der Waals surface area contributed by atoms with E-state index in [0.717, 1.165) is 28.3 Å². The van der Waals surface area contributed by atoms with Gasteiger partial charge in [-0.25, -0.2) is 4.39 Å². The third kappa shape index (κ3) is 2.65. The van der Waals surface area contributed by atoms with Gasteiger partial charge in [-0.3, -0.25) is 4.68 Å². The molecule has 0 unspecified atom stereocenters. The van der Waals surface area contributed by atoms with Crippen LogP contribution >= 0.6 is 0 Å². The van der Waals surface area contributed by atoms with Gasteiger partial charge in [-0.15, -0.1) is 0 Å². The third-order valence-corrected chi connectivity index (χ3v) is 3.41. The number of ether oxygens (including phenoxy) is 1. The second-order valence-electron chi connectivity index (χ2n) is 4.77. The van der Waals surface area contributed by atoms with Crippen LogP contribution in [0.3, 0.4) is 0 Å². The van der Waals surface area contributed by atoms with E-state index in [1.165, 1.54) is 12.1 Å². The van der Waals surface area contributed by atoms with Crippen molar-refractivity contribution in [2.45, 2.75) is 0 Å². The van der Waals surface area contributed by atoms with Crippen molar-refractivity contribution in [3.05, 3.63) is 60.4 Å². The van der Waals surface area contributed by atoms with Gasteiger partial charge in [0, 0.05) is 18.2 Å². The van der Waals surface area contributed by atoms with Crippen LogP contribution in [0.1, 0.15) is 0 Å². The summed E-state index contributed by atoms with van der Waals surface area (Å²) in [6, 6.07) is 16.2. The SMILES string of the molecule is COc1ccc(-c2cc(-c3ccc(F)cc3)nn2C)cc1.